The molecule has 0 aliphatic carbocycles. The standard InChI is InChI=1S/C12H15NO4/c1-7-4-5-9(12(15)16)6-10(7)13-11(14)8(2)17-3/h4-6,8H,1-3H3,(H,13,14)(H,15,16). The first-order valence-corrected chi connectivity index (χ1v) is 5.13. The van der Waals surface area contributed by atoms with Crippen molar-refractivity contribution in [3.05, 3.63) is 29.3 Å². The molecule has 0 aliphatic rings. The van der Waals surface area contributed by atoms with Crippen LogP contribution in [0.1, 0.15) is 22.8 Å². The number of aryl methyl sites for hydroxylation is 1. The van der Waals surface area contributed by atoms with Crippen molar-refractivity contribution >= 4 is 17.6 Å². The highest BCUT2D eigenvalue weighted by Crippen LogP contribution is 2.17. The summed E-state index contributed by atoms with van der Waals surface area (Å²) in [7, 11) is 1.44. The van der Waals surface area contributed by atoms with Crippen LogP contribution < -0.4 is 5.32 Å². The number of carboxylic acid groups (broad SMARTS) is 1. The number of carbonyl (C=O) groups is 2. The number of benzene rings is 1. The second-order valence-electron chi connectivity index (χ2n) is 3.70. The fourth-order valence-electron chi connectivity index (χ4n) is 1.23. The average molecular weight is 237 g/mol. The van der Waals surface area contributed by atoms with Crippen LogP contribution in [0.3, 0.4) is 0 Å². The Labute approximate surface area is 99.4 Å². The van der Waals surface area contributed by atoms with Crippen molar-refractivity contribution in [1.82, 2.24) is 0 Å². The largest absolute Gasteiger partial charge is 0.478 e. The smallest absolute Gasteiger partial charge is 0.335 e. The Bertz CT molecular complexity index is 442. The highest BCUT2D eigenvalue weighted by Gasteiger charge is 2.14. The quantitative estimate of drug-likeness (QED) is 0.835. The Hall–Kier alpha value is -1.88. The summed E-state index contributed by atoms with van der Waals surface area (Å²) in [6, 6.07) is 4.57. The van der Waals surface area contributed by atoms with E-state index in [-0.39, 0.29) is 11.5 Å². The highest BCUT2D eigenvalue weighted by molar-refractivity contribution is 5.96. The van der Waals surface area contributed by atoms with E-state index < -0.39 is 12.1 Å². The van der Waals surface area contributed by atoms with Gasteiger partial charge < -0.3 is 15.2 Å². The molecule has 2 N–H and O–H groups in total. The molecular formula is C12H15NO4. The number of anilines is 1. The second kappa shape index (κ2) is 5.45. The fourth-order valence-corrected chi connectivity index (χ4v) is 1.23. The lowest BCUT2D eigenvalue weighted by Crippen LogP contribution is -2.27. The lowest BCUT2D eigenvalue weighted by atomic mass is 10.1. The van der Waals surface area contributed by atoms with Crippen LogP contribution in [0.5, 0.6) is 0 Å². The lowest BCUT2D eigenvalue weighted by Gasteiger charge is -2.12. The molecule has 0 aromatic heterocycles. The van der Waals surface area contributed by atoms with E-state index >= 15 is 0 Å². The summed E-state index contributed by atoms with van der Waals surface area (Å²) in [4.78, 5) is 22.4. The lowest BCUT2D eigenvalue weighted by molar-refractivity contribution is -0.124. The normalized spacial score (nSPS) is 11.9. The third-order valence-electron chi connectivity index (χ3n) is 2.47. The molecule has 5 nitrogen and oxygen atoms in total. The van der Waals surface area contributed by atoms with E-state index in [1.807, 2.05) is 0 Å². The number of aromatic carboxylic acids is 1. The molecule has 1 rings (SSSR count). The molecule has 0 heterocycles. The first-order valence-electron chi connectivity index (χ1n) is 5.13. The number of hydrogen-bond acceptors (Lipinski definition) is 3. The summed E-state index contributed by atoms with van der Waals surface area (Å²) < 4.78 is 4.87. The molecule has 1 atom stereocenters. The summed E-state index contributed by atoms with van der Waals surface area (Å²) in [5.41, 5.74) is 1.42. The van der Waals surface area contributed by atoms with Crippen LogP contribution in [0.15, 0.2) is 18.2 Å². The summed E-state index contributed by atoms with van der Waals surface area (Å²) in [6.07, 6.45) is -0.581. The number of carboxylic acids is 1. The Morgan fingerprint density at radius 3 is 2.59 bits per heavy atom. The molecule has 5 heteroatoms. The van der Waals surface area contributed by atoms with Gasteiger partial charge >= 0.3 is 5.97 Å². The van der Waals surface area contributed by atoms with E-state index in [0.717, 1.165) is 5.56 Å². The van der Waals surface area contributed by atoms with E-state index in [2.05, 4.69) is 5.32 Å². The molecule has 0 spiro atoms. The minimum atomic E-state index is -1.03. The number of nitrogens with one attached hydrogen (secondary N) is 1. The van der Waals surface area contributed by atoms with Crippen molar-refractivity contribution in [1.29, 1.82) is 0 Å². The number of carbonyl (C=O) groups excluding carboxylic acids is 1. The van der Waals surface area contributed by atoms with E-state index in [4.69, 9.17) is 9.84 Å². The summed E-state index contributed by atoms with van der Waals surface area (Å²) in [5.74, 6) is -1.33. The van der Waals surface area contributed by atoms with Crippen LogP contribution in [-0.4, -0.2) is 30.2 Å². The van der Waals surface area contributed by atoms with E-state index in [9.17, 15) is 9.59 Å². The fraction of sp³-hybridized carbons (Fsp3) is 0.333. The number of amides is 1. The maximum Gasteiger partial charge on any atom is 0.335 e. The van der Waals surface area contributed by atoms with Crippen LogP contribution in [0.4, 0.5) is 5.69 Å². The predicted molar refractivity (Wildman–Crippen MR) is 63.2 cm³/mol. The maximum atomic E-state index is 11.6. The second-order valence-corrected chi connectivity index (χ2v) is 3.70. The molecule has 0 saturated carbocycles. The topological polar surface area (TPSA) is 75.6 Å². The first kappa shape index (κ1) is 13.2. The molecule has 1 unspecified atom stereocenters. The molecule has 1 amide bonds. The number of hydrogen-bond donors (Lipinski definition) is 2. The number of methoxy groups -OCH3 is 1. The average Bonchev–Trinajstić information content (AvgIpc) is 2.30. The van der Waals surface area contributed by atoms with Crippen LogP contribution in [0, 0.1) is 6.92 Å². The van der Waals surface area contributed by atoms with Crippen molar-refractivity contribution < 1.29 is 19.4 Å². The van der Waals surface area contributed by atoms with Gasteiger partial charge in [-0.2, -0.15) is 0 Å². The number of rotatable bonds is 4. The van der Waals surface area contributed by atoms with Crippen molar-refractivity contribution in [2.75, 3.05) is 12.4 Å². The maximum absolute atomic E-state index is 11.6. The Balaban J connectivity index is 2.94. The van der Waals surface area contributed by atoms with Crippen LogP contribution >= 0.6 is 0 Å². The monoisotopic (exact) mass is 237 g/mol. The first-order chi connectivity index (χ1) is 7.95. The van der Waals surface area contributed by atoms with Gasteiger partial charge in [0, 0.05) is 12.8 Å². The van der Waals surface area contributed by atoms with Gasteiger partial charge in [-0.15, -0.1) is 0 Å². The van der Waals surface area contributed by atoms with Gasteiger partial charge in [-0.25, -0.2) is 4.79 Å². The Morgan fingerprint density at radius 1 is 1.41 bits per heavy atom. The molecule has 92 valence electrons. The van der Waals surface area contributed by atoms with Gasteiger partial charge in [0.05, 0.1) is 5.56 Å². The van der Waals surface area contributed by atoms with Crippen LogP contribution in [0.25, 0.3) is 0 Å². The highest BCUT2D eigenvalue weighted by atomic mass is 16.5. The van der Waals surface area contributed by atoms with Gasteiger partial charge in [0.25, 0.3) is 5.91 Å². The molecule has 1 aromatic rings. The molecule has 0 aliphatic heterocycles. The molecular weight excluding hydrogens is 222 g/mol. The molecule has 1 aromatic carbocycles. The van der Waals surface area contributed by atoms with Gasteiger partial charge in [-0.1, -0.05) is 6.07 Å². The zero-order valence-corrected chi connectivity index (χ0v) is 9.98. The minimum absolute atomic E-state index is 0.135. The summed E-state index contributed by atoms with van der Waals surface area (Å²) in [6.45, 7) is 3.41. The Kier molecular flexibility index (Phi) is 4.23. The van der Waals surface area contributed by atoms with Crippen molar-refractivity contribution in [3.63, 3.8) is 0 Å². The number of ether oxygens (including phenoxy) is 1. The van der Waals surface area contributed by atoms with Crippen LogP contribution in [0.2, 0.25) is 0 Å². The van der Waals surface area contributed by atoms with Gasteiger partial charge in [0.1, 0.15) is 6.10 Å². The summed E-state index contributed by atoms with van der Waals surface area (Å²) in [5, 5.41) is 11.5. The summed E-state index contributed by atoms with van der Waals surface area (Å²) >= 11 is 0. The minimum Gasteiger partial charge on any atom is -0.478 e. The molecule has 0 fully saturated rings. The van der Waals surface area contributed by atoms with Crippen molar-refractivity contribution in [3.8, 4) is 0 Å². The van der Waals surface area contributed by atoms with Gasteiger partial charge in [0.15, 0.2) is 0 Å². The van der Waals surface area contributed by atoms with E-state index in [0.29, 0.717) is 5.69 Å². The molecule has 0 radical (unpaired) electrons. The van der Waals surface area contributed by atoms with E-state index in [1.54, 1.807) is 19.9 Å². The zero-order chi connectivity index (χ0) is 13.0. The Morgan fingerprint density at radius 2 is 2.06 bits per heavy atom. The van der Waals surface area contributed by atoms with Crippen molar-refractivity contribution in [2.24, 2.45) is 0 Å². The van der Waals surface area contributed by atoms with Crippen molar-refractivity contribution in [2.45, 2.75) is 20.0 Å². The van der Waals surface area contributed by atoms with Gasteiger partial charge in [-0.3, -0.25) is 4.79 Å². The molecule has 0 saturated heterocycles. The third kappa shape index (κ3) is 3.29. The predicted octanol–water partition coefficient (Wildman–Crippen LogP) is 1.67. The van der Waals surface area contributed by atoms with Gasteiger partial charge in [0.2, 0.25) is 0 Å². The molecule has 0 bridgehead atoms. The SMILES string of the molecule is COC(C)C(=O)Nc1cc(C(=O)O)ccc1C. The van der Waals surface area contributed by atoms with Crippen LogP contribution in [-0.2, 0) is 9.53 Å². The zero-order valence-electron chi connectivity index (χ0n) is 9.98. The van der Waals surface area contributed by atoms with Gasteiger partial charge in [-0.05, 0) is 31.5 Å². The van der Waals surface area contributed by atoms with E-state index in [1.165, 1.54) is 19.2 Å². The molecule has 17 heavy (non-hydrogen) atoms. The third-order valence-corrected chi connectivity index (χ3v) is 2.47.